The van der Waals surface area contributed by atoms with Crippen LogP contribution in [0.25, 0.3) is 0 Å². The molecule has 0 radical (unpaired) electrons. The number of aromatic nitrogens is 2. The fraction of sp³-hybridized carbons (Fsp3) is 0.545. The average Bonchev–Trinajstić information content (AvgIpc) is 2.39. The first-order chi connectivity index (χ1) is 7.81. The Kier molecular flexibility index (Phi) is 3.34. The zero-order valence-corrected chi connectivity index (χ0v) is 9.39. The first kappa shape index (κ1) is 10.9. The summed E-state index contributed by atoms with van der Waals surface area (Å²) < 4.78 is 0. The van der Waals surface area contributed by atoms with Gasteiger partial charge in [0.05, 0.1) is 0 Å². The second-order valence-electron chi connectivity index (χ2n) is 3.92. The molecule has 1 amide bonds. The minimum Gasteiger partial charge on any atom is -0.359 e. The van der Waals surface area contributed by atoms with Crippen molar-refractivity contribution in [2.75, 3.05) is 25.0 Å². The molecule has 2 heterocycles. The van der Waals surface area contributed by atoms with Crippen molar-refractivity contribution in [3.63, 3.8) is 0 Å². The van der Waals surface area contributed by atoms with Gasteiger partial charge in [-0.2, -0.15) is 0 Å². The molecular weight excluding hydrogens is 204 g/mol. The van der Waals surface area contributed by atoms with E-state index in [9.17, 15) is 4.79 Å². The van der Waals surface area contributed by atoms with Crippen LogP contribution in [0, 0.1) is 5.92 Å². The third kappa shape index (κ3) is 2.29. The van der Waals surface area contributed by atoms with Crippen LogP contribution in [0.15, 0.2) is 18.5 Å². The van der Waals surface area contributed by atoms with Crippen molar-refractivity contribution in [3.8, 4) is 0 Å². The Bertz CT molecular complexity index is 346. The molecule has 0 atom stereocenters. The summed E-state index contributed by atoms with van der Waals surface area (Å²) in [6.45, 7) is 1.70. The first-order valence-electron chi connectivity index (χ1n) is 5.55. The Morgan fingerprint density at radius 1 is 1.38 bits per heavy atom. The molecule has 5 nitrogen and oxygen atoms in total. The Hall–Kier alpha value is -1.65. The van der Waals surface area contributed by atoms with Gasteiger partial charge in [-0.3, -0.25) is 4.79 Å². The van der Waals surface area contributed by atoms with Gasteiger partial charge in [-0.15, -0.1) is 0 Å². The van der Waals surface area contributed by atoms with Crippen molar-refractivity contribution in [3.05, 3.63) is 18.5 Å². The smallest absolute Gasteiger partial charge is 0.225 e. The van der Waals surface area contributed by atoms with Crippen LogP contribution >= 0.6 is 0 Å². The van der Waals surface area contributed by atoms with Crippen LogP contribution in [0.4, 0.5) is 5.95 Å². The Morgan fingerprint density at radius 3 is 2.56 bits per heavy atom. The van der Waals surface area contributed by atoms with Crippen molar-refractivity contribution in [2.45, 2.75) is 12.8 Å². The summed E-state index contributed by atoms with van der Waals surface area (Å²) in [5.74, 6) is 1.05. The second kappa shape index (κ2) is 4.92. The van der Waals surface area contributed by atoms with Crippen molar-refractivity contribution >= 4 is 11.9 Å². The third-order valence-corrected chi connectivity index (χ3v) is 2.95. The van der Waals surface area contributed by atoms with E-state index in [1.807, 2.05) is 0 Å². The minimum absolute atomic E-state index is 0.143. The summed E-state index contributed by atoms with van der Waals surface area (Å²) in [4.78, 5) is 22.0. The van der Waals surface area contributed by atoms with Gasteiger partial charge in [0, 0.05) is 38.4 Å². The van der Waals surface area contributed by atoms with Gasteiger partial charge in [0.15, 0.2) is 0 Å². The number of nitrogens with zero attached hydrogens (tertiary/aromatic N) is 3. The fourth-order valence-corrected chi connectivity index (χ4v) is 2.00. The van der Waals surface area contributed by atoms with Crippen LogP contribution in [0.5, 0.6) is 0 Å². The molecule has 1 aliphatic rings. The highest BCUT2D eigenvalue weighted by Crippen LogP contribution is 2.19. The van der Waals surface area contributed by atoms with Gasteiger partial charge in [-0.05, 0) is 18.9 Å². The molecule has 0 aromatic carbocycles. The Labute approximate surface area is 94.9 Å². The molecule has 0 spiro atoms. The van der Waals surface area contributed by atoms with E-state index >= 15 is 0 Å². The lowest BCUT2D eigenvalue weighted by Crippen LogP contribution is -2.40. The zero-order valence-electron chi connectivity index (χ0n) is 9.39. The number of hydrogen-bond acceptors (Lipinski definition) is 4. The predicted molar refractivity (Wildman–Crippen MR) is 61.0 cm³/mol. The molecule has 0 bridgehead atoms. The highest BCUT2D eigenvalue weighted by Gasteiger charge is 2.24. The van der Waals surface area contributed by atoms with Gasteiger partial charge < -0.3 is 10.2 Å². The predicted octanol–water partition coefficient (Wildman–Crippen LogP) is 0.439. The number of piperidine rings is 1. The highest BCUT2D eigenvalue weighted by molar-refractivity contribution is 5.78. The molecule has 0 aliphatic carbocycles. The van der Waals surface area contributed by atoms with Crippen LogP contribution < -0.4 is 10.2 Å². The van der Waals surface area contributed by atoms with E-state index in [4.69, 9.17) is 0 Å². The van der Waals surface area contributed by atoms with Crippen molar-refractivity contribution in [2.24, 2.45) is 5.92 Å². The average molecular weight is 220 g/mol. The van der Waals surface area contributed by atoms with Gasteiger partial charge in [-0.1, -0.05) is 0 Å². The topological polar surface area (TPSA) is 58.1 Å². The first-order valence-corrected chi connectivity index (χ1v) is 5.55. The normalized spacial score (nSPS) is 17.2. The summed E-state index contributed by atoms with van der Waals surface area (Å²) in [5, 5.41) is 2.70. The summed E-state index contributed by atoms with van der Waals surface area (Å²) in [7, 11) is 1.69. The van der Waals surface area contributed by atoms with E-state index in [0.29, 0.717) is 0 Å². The summed E-state index contributed by atoms with van der Waals surface area (Å²) in [5.41, 5.74) is 0. The Balaban J connectivity index is 1.93. The molecule has 2 rings (SSSR count). The molecule has 16 heavy (non-hydrogen) atoms. The van der Waals surface area contributed by atoms with Gasteiger partial charge in [-0.25, -0.2) is 9.97 Å². The molecule has 5 heteroatoms. The summed E-state index contributed by atoms with van der Waals surface area (Å²) in [6, 6.07) is 1.81. The number of amides is 1. The molecule has 1 saturated heterocycles. The maximum absolute atomic E-state index is 11.4. The quantitative estimate of drug-likeness (QED) is 0.785. The molecule has 1 fully saturated rings. The number of carbonyl (C=O) groups is 1. The zero-order chi connectivity index (χ0) is 11.4. The number of anilines is 1. The molecule has 1 aromatic heterocycles. The van der Waals surface area contributed by atoms with E-state index < -0.39 is 0 Å². The minimum atomic E-state index is 0.143. The van der Waals surface area contributed by atoms with Crippen molar-refractivity contribution in [1.82, 2.24) is 15.3 Å². The second-order valence-corrected chi connectivity index (χ2v) is 3.92. The van der Waals surface area contributed by atoms with E-state index in [1.165, 1.54) is 0 Å². The van der Waals surface area contributed by atoms with Gasteiger partial charge in [0.1, 0.15) is 0 Å². The van der Waals surface area contributed by atoms with Gasteiger partial charge >= 0.3 is 0 Å². The summed E-state index contributed by atoms with van der Waals surface area (Å²) >= 11 is 0. The molecule has 86 valence electrons. The number of rotatable bonds is 2. The standard InChI is InChI=1S/C11H16N4O/c1-12-10(16)9-3-7-15(8-4-9)11-13-5-2-6-14-11/h2,5-6,9H,3-4,7-8H2,1H3,(H,12,16). The largest absolute Gasteiger partial charge is 0.359 e. The van der Waals surface area contributed by atoms with Crippen LogP contribution in [0.1, 0.15) is 12.8 Å². The highest BCUT2D eigenvalue weighted by atomic mass is 16.1. The van der Waals surface area contributed by atoms with E-state index in [1.54, 1.807) is 25.5 Å². The van der Waals surface area contributed by atoms with Crippen LogP contribution in [-0.4, -0.2) is 36.0 Å². The number of hydrogen-bond donors (Lipinski definition) is 1. The van der Waals surface area contributed by atoms with Crippen LogP contribution in [0.2, 0.25) is 0 Å². The maximum atomic E-state index is 11.4. The molecule has 1 N–H and O–H groups in total. The van der Waals surface area contributed by atoms with E-state index in [2.05, 4.69) is 20.2 Å². The molecule has 1 aromatic rings. The lowest BCUT2D eigenvalue weighted by atomic mass is 9.96. The summed E-state index contributed by atoms with van der Waals surface area (Å²) in [6.07, 6.45) is 5.23. The van der Waals surface area contributed by atoms with E-state index in [-0.39, 0.29) is 11.8 Å². The third-order valence-electron chi connectivity index (χ3n) is 2.95. The van der Waals surface area contributed by atoms with Crippen molar-refractivity contribution < 1.29 is 4.79 Å². The lowest BCUT2D eigenvalue weighted by Gasteiger charge is -2.30. The lowest BCUT2D eigenvalue weighted by molar-refractivity contribution is -0.125. The molecular formula is C11H16N4O. The van der Waals surface area contributed by atoms with Gasteiger partial charge in [0.25, 0.3) is 0 Å². The fourth-order valence-electron chi connectivity index (χ4n) is 2.00. The van der Waals surface area contributed by atoms with Gasteiger partial charge in [0.2, 0.25) is 11.9 Å². The SMILES string of the molecule is CNC(=O)C1CCN(c2ncccn2)CC1. The molecule has 0 saturated carbocycles. The number of nitrogens with one attached hydrogen (secondary N) is 1. The maximum Gasteiger partial charge on any atom is 0.225 e. The number of carbonyl (C=O) groups excluding carboxylic acids is 1. The monoisotopic (exact) mass is 220 g/mol. The van der Waals surface area contributed by atoms with Crippen molar-refractivity contribution in [1.29, 1.82) is 0 Å². The van der Waals surface area contributed by atoms with Crippen LogP contribution in [0.3, 0.4) is 0 Å². The molecule has 1 aliphatic heterocycles. The molecule has 0 unspecified atom stereocenters. The Morgan fingerprint density at radius 2 is 2.00 bits per heavy atom. The van der Waals surface area contributed by atoms with Crippen LogP contribution in [-0.2, 0) is 4.79 Å². The van der Waals surface area contributed by atoms with E-state index in [0.717, 1.165) is 31.9 Å².